The Labute approximate surface area is 99.5 Å². The molecule has 0 spiro atoms. The molecule has 18 heavy (non-hydrogen) atoms. The number of phenols is 1. The quantitative estimate of drug-likeness (QED) is 0.756. The standard InChI is InChI=1S/C12H8F4O2/c13-8-3-1-2-6(10(8)17)7-4-12(15,16)5-9(14)11(7)18/h1-4,17-18H,5H2. The van der Waals surface area contributed by atoms with Gasteiger partial charge in [0, 0.05) is 11.1 Å². The number of hydrogen-bond acceptors (Lipinski definition) is 2. The first-order valence-electron chi connectivity index (χ1n) is 4.98. The summed E-state index contributed by atoms with van der Waals surface area (Å²) in [5, 5.41) is 18.8. The van der Waals surface area contributed by atoms with Crippen LogP contribution < -0.4 is 0 Å². The molecule has 0 heterocycles. The van der Waals surface area contributed by atoms with Crippen LogP contribution in [0.1, 0.15) is 12.0 Å². The molecule has 0 aromatic heterocycles. The normalized spacial score (nSPS) is 18.8. The zero-order valence-corrected chi connectivity index (χ0v) is 8.92. The molecule has 2 nitrogen and oxygen atoms in total. The smallest absolute Gasteiger partial charge is 0.273 e. The first-order chi connectivity index (χ1) is 8.32. The van der Waals surface area contributed by atoms with Crippen molar-refractivity contribution in [3.8, 4) is 5.75 Å². The van der Waals surface area contributed by atoms with Gasteiger partial charge in [0.2, 0.25) is 0 Å². The molecule has 0 fully saturated rings. The molecule has 1 aromatic carbocycles. The monoisotopic (exact) mass is 260 g/mol. The highest BCUT2D eigenvalue weighted by atomic mass is 19.3. The van der Waals surface area contributed by atoms with Crippen LogP contribution in [-0.2, 0) is 0 Å². The molecule has 0 saturated carbocycles. The van der Waals surface area contributed by atoms with Crippen LogP contribution in [0.5, 0.6) is 5.75 Å². The number of phenolic OH excluding ortho intramolecular Hbond substituents is 1. The van der Waals surface area contributed by atoms with Crippen molar-refractivity contribution < 1.29 is 27.8 Å². The predicted octanol–water partition coefficient (Wildman–Crippen LogP) is 3.69. The van der Waals surface area contributed by atoms with Crippen molar-refractivity contribution >= 4 is 5.57 Å². The summed E-state index contributed by atoms with van der Waals surface area (Å²) in [7, 11) is 0. The van der Waals surface area contributed by atoms with Gasteiger partial charge < -0.3 is 10.2 Å². The number of benzene rings is 1. The van der Waals surface area contributed by atoms with Crippen molar-refractivity contribution in [3.63, 3.8) is 0 Å². The zero-order valence-electron chi connectivity index (χ0n) is 8.92. The largest absolute Gasteiger partial charge is 0.505 e. The van der Waals surface area contributed by atoms with Crippen molar-refractivity contribution in [2.24, 2.45) is 0 Å². The molecule has 0 radical (unpaired) electrons. The van der Waals surface area contributed by atoms with Crippen LogP contribution in [-0.4, -0.2) is 16.1 Å². The van der Waals surface area contributed by atoms with Crippen LogP contribution >= 0.6 is 0 Å². The van der Waals surface area contributed by atoms with E-state index in [-0.39, 0.29) is 5.56 Å². The third-order valence-electron chi connectivity index (χ3n) is 2.54. The molecule has 0 unspecified atom stereocenters. The van der Waals surface area contributed by atoms with E-state index in [4.69, 9.17) is 0 Å². The summed E-state index contributed by atoms with van der Waals surface area (Å²) in [6, 6.07) is 3.18. The van der Waals surface area contributed by atoms with Gasteiger partial charge >= 0.3 is 0 Å². The van der Waals surface area contributed by atoms with Crippen LogP contribution in [0.4, 0.5) is 17.6 Å². The molecule has 0 bridgehead atoms. The van der Waals surface area contributed by atoms with Crippen molar-refractivity contribution in [2.75, 3.05) is 0 Å². The number of aliphatic hydroxyl groups is 1. The Hall–Kier alpha value is -1.98. The molecule has 96 valence electrons. The fourth-order valence-electron chi connectivity index (χ4n) is 1.71. The summed E-state index contributed by atoms with van der Waals surface area (Å²) >= 11 is 0. The summed E-state index contributed by atoms with van der Waals surface area (Å²) in [6.07, 6.45) is -0.946. The number of hydrogen-bond donors (Lipinski definition) is 2. The summed E-state index contributed by atoms with van der Waals surface area (Å²) in [5.74, 6) is -7.87. The van der Waals surface area contributed by atoms with E-state index in [9.17, 15) is 27.8 Å². The number of alkyl halides is 2. The van der Waals surface area contributed by atoms with Crippen LogP contribution in [0, 0.1) is 5.82 Å². The van der Waals surface area contributed by atoms with Gasteiger partial charge in [-0.25, -0.2) is 17.6 Å². The van der Waals surface area contributed by atoms with Crippen LogP contribution in [0.25, 0.3) is 5.57 Å². The van der Waals surface area contributed by atoms with Gasteiger partial charge in [-0.15, -0.1) is 0 Å². The molecule has 0 amide bonds. The number of allylic oxidation sites excluding steroid dienone is 3. The topological polar surface area (TPSA) is 40.5 Å². The minimum Gasteiger partial charge on any atom is -0.505 e. The minimum absolute atomic E-state index is 0.305. The van der Waals surface area contributed by atoms with E-state index in [1.807, 2.05) is 0 Å². The summed E-state index contributed by atoms with van der Waals surface area (Å²) in [6.45, 7) is 0. The van der Waals surface area contributed by atoms with E-state index in [2.05, 4.69) is 0 Å². The maximum Gasteiger partial charge on any atom is 0.273 e. The number of para-hydroxylation sites is 1. The van der Waals surface area contributed by atoms with Gasteiger partial charge in [-0.3, -0.25) is 0 Å². The highest BCUT2D eigenvalue weighted by molar-refractivity contribution is 5.82. The fraction of sp³-hybridized carbons (Fsp3) is 0.167. The molecule has 6 heteroatoms. The Kier molecular flexibility index (Phi) is 2.80. The molecule has 2 N–H and O–H groups in total. The second kappa shape index (κ2) is 4.04. The van der Waals surface area contributed by atoms with Gasteiger partial charge in [-0.2, -0.15) is 0 Å². The Morgan fingerprint density at radius 3 is 2.44 bits per heavy atom. The molecule has 0 aliphatic heterocycles. The summed E-state index contributed by atoms with van der Waals surface area (Å²) in [4.78, 5) is 0. The average molecular weight is 260 g/mol. The van der Waals surface area contributed by atoms with E-state index in [0.29, 0.717) is 6.08 Å². The number of aromatic hydroxyl groups is 1. The molecule has 1 aromatic rings. The van der Waals surface area contributed by atoms with Crippen molar-refractivity contribution in [2.45, 2.75) is 12.3 Å². The molecule has 0 atom stereocenters. The van der Waals surface area contributed by atoms with Gasteiger partial charge in [0.25, 0.3) is 5.92 Å². The number of aliphatic hydroxyl groups excluding tert-OH is 1. The third kappa shape index (κ3) is 2.05. The zero-order chi connectivity index (χ0) is 13.5. The van der Waals surface area contributed by atoms with Crippen LogP contribution in [0.2, 0.25) is 0 Å². The Balaban J connectivity index is 2.62. The number of halogens is 4. The van der Waals surface area contributed by atoms with Gasteiger partial charge in [0.15, 0.2) is 17.3 Å². The lowest BCUT2D eigenvalue weighted by Gasteiger charge is -2.20. The number of rotatable bonds is 1. The lowest BCUT2D eigenvalue weighted by Crippen LogP contribution is -2.18. The molecule has 1 aliphatic rings. The molecule has 1 aliphatic carbocycles. The molecular weight excluding hydrogens is 252 g/mol. The predicted molar refractivity (Wildman–Crippen MR) is 56.4 cm³/mol. The lowest BCUT2D eigenvalue weighted by atomic mass is 9.94. The summed E-state index contributed by atoms with van der Waals surface area (Å²) < 4.78 is 52.6. The second-order valence-corrected chi connectivity index (χ2v) is 3.89. The Morgan fingerprint density at radius 1 is 1.11 bits per heavy atom. The van der Waals surface area contributed by atoms with E-state index >= 15 is 0 Å². The summed E-state index contributed by atoms with van der Waals surface area (Å²) in [5.41, 5.74) is -1.01. The molecule has 0 saturated heterocycles. The first kappa shape index (κ1) is 12.5. The van der Waals surface area contributed by atoms with Gasteiger partial charge in [-0.1, -0.05) is 12.1 Å². The Morgan fingerprint density at radius 2 is 1.78 bits per heavy atom. The maximum absolute atomic E-state index is 13.2. The van der Waals surface area contributed by atoms with Gasteiger partial charge in [0.1, 0.15) is 5.83 Å². The molecular formula is C12H8F4O2. The first-order valence-corrected chi connectivity index (χ1v) is 4.98. The van der Waals surface area contributed by atoms with Crippen molar-refractivity contribution in [1.29, 1.82) is 0 Å². The van der Waals surface area contributed by atoms with E-state index in [1.165, 1.54) is 0 Å². The maximum atomic E-state index is 13.2. The molecule has 2 rings (SSSR count). The third-order valence-corrected chi connectivity index (χ3v) is 2.54. The lowest BCUT2D eigenvalue weighted by molar-refractivity contribution is 0.0462. The van der Waals surface area contributed by atoms with E-state index < -0.39 is 41.1 Å². The highest BCUT2D eigenvalue weighted by Crippen LogP contribution is 2.41. The highest BCUT2D eigenvalue weighted by Gasteiger charge is 2.36. The fourth-order valence-corrected chi connectivity index (χ4v) is 1.71. The van der Waals surface area contributed by atoms with Gasteiger partial charge in [-0.05, 0) is 12.1 Å². The second-order valence-electron chi connectivity index (χ2n) is 3.89. The van der Waals surface area contributed by atoms with Gasteiger partial charge in [0.05, 0.1) is 6.42 Å². The average Bonchev–Trinajstić information content (AvgIpc) is 2.27. The Bertz CT molecular complexity index is 561. The van der Waals surface area contributed by atoms with Crippen molar-refractivity contribution in [3.05, 3.63) is 47.2 Å². The van der Waals surface area contributed by atoms with E-state index in [0.717, 1.165) is 18.2 Å². The van der Waals surface area contributed by atoms with Crippen LogP contribution in [0.3, 0.4) is 0 Å². The SMILES string of the molecule is OC1=C(F)CC(F)(F)C=C1c1cccc(F)c1O. The van der Waals surface area contributed by atoms with E-state index in [1.54, 1.807) is 0 Å². The minimum atomic E-state index is -3.50. The van der Waals surface area contributed by atoms with Crippen molar-refractivity contribution in [1.82, 2.24) is 0 Å². The van der Waals surface area contributed by atoms with Crippen LogP contribution in [0.15, 0.2) is 35.9 Å².